The molecule has 2 aromatic rings. The van der Waals surface area contributed by atoms with Crippen molar-refractivity contribution in [1.29, 1.82) is 0 Å². The van der Waals surface area contributed by atoms with Crippen LogP contribution >= 0.6 is 0 Å². The van der Waals surface area contributed by atoms with Gasteiger partial charge in [-0.1, -0.05) is 24.3 Å². The van der Waals surface area contributed by atoms with Gasteiger partial charge in [0.25, 0.3) is 0 Å². The van der Waals surface area contributed by atoms with Gasteiger partial charge in [0.15, 0.2) is 5.78 Å². The lowest BCUT2D eigenvalue weighted by molar-refractivity contribution is -0.136. The number of likely N-dealkylation sites (tertiary alicyclic amines) is 1. The van der Waals surface area contributed by atoms with Gasteiger partial charge in [0.1, 0.15) is 11.5 Å². The van der Waals surface area contributed by atoms with Gasteiger partial charge in [-0.15, -0.1) is 0 Å². The van der Waals surface area contributed by atoms with Crippen molar-refractivity contribution < 1.29 is 23.9 Å². The van der Waals surface area contributed by atoms with Crippen LogP contribution in [-0.2, 0) is 34.4 Å². The van der Waals surface area contributed by atoms with Crippen molar-refractivity contribution in [2.75, 3.05) is 26.3 Å². The number of carbonyl (C=O) groups excluding carboxylic acids is 3. The molecule has 2 atom stereocenters. The first-order valence-electron chi connectivity index (χ1n) is 15.1. The van der Waals surface area contributed by atoms with Gasteiger partial charge in [-0.3, -0.25) is 24.6 Å². The van der Waals surface area contributed by atoms with Crippen molar-refractivity contribution in [2.24, 2.45) is 11.8 Å². The summed E-state index contributed by atoms with van der Waals surface area (Å²) in [6.45, 7) is 4.56. The summed E-state index contributed by atoms with van der Waals surface area (Å²) in [5.74, 6) is 1.62. The average molecular weight is 543 g/mol. The number of nitrogens with one attached hydrogen (secondary N) is 1. The molecule has 2 fully saturated rings. The fourth-order valence-corrected chi connectivity index (χ4v) is 7.74. The molecule has 7 nitrogen and oxygen atoms in total. The van der Waals surface area contributed by atoms with Gasteiger partial charge in [0.2, 0.25) is 11.8 Å². The molecule has 0 bridgehead atoms. The lowest BCUT2D eigenvalue weighted by atomic mass is 9.72. The van der Waals surface area contributed by atoms with E-state index in [1.807, 2.05) is 6.07 Å². The second-order valence-electron chi connectivity index (χ2n) is 12.5. The summed E-state index contributed by atoms with van der Waals surface area (Å²) >= 11 is 0. The fourth-order valence-electron chi connectivity index (χ4n) is 7.74. The van der Waals surface area contributed by atoms with Crippen LogP contribution in [-0.4, -0.2) is 48.8 Å². The summed E-state index contributed by atoms with van der Waals surface area (Å²) in [6.07, 6.45) is 8.29. The number of amides is 2. The predicted octanol–water partition coefficient (Wildman–Crippen LogP) is 4.52. The topological polar surface area (TPSA) is 84.9 Å². The number of hydrogen-bond donors (Lipinski definition) is 1. The summed E-state index contributed by atoms with van der Waals surface area (Å²) in [7, 11) is 0. The number of nitrogens with zero attached hydrogens (tertiary/aromatic N) is 1. The lowest BCUT2D eigenvalue weighted by Gasteiger charge is -2.39. The molecule has 0 aromatic heterocycles. The number of piperidine rings is 2. The van der Waals surface area contributed by atoms with E-state index in [4.69, 9.17) is 9.47 Å². The van der Waals surface area contributed by atoms with Gasteiger partial charge in [-0.05, 0) is 88.1 Å². The van der Waals surface area contributed by atoms with E-state index in [0.29, 0.717) is 32.3 Å². The molecule has 1 aliphatic carbocycles. The van der Waals surface area contributed by atoms with Crippen LogP contribution in [0.2, 0.25) is 0 Å². The van der Waals surface area contributed by atoms with E-state index in [0.717, 1.165) is 87.4 Å². The number of fused-ring (bicyclic) bond motifs is 5. The third kappa shape index (κ3) is 4.52. The van der Waals surface area contributed by atoms with Crippen LogP contribution in [0.4, 0.5) is 0 Å². The molecule has 2 saturated heterocycles. The zero-order chi connectivity index (χ0) is 27.3. The Morgan fingerprint density at radius 2 is 1.73 bits per heavy atom. The molecule has 2 amide bonds. The Kier molecular flexibility index (Phi) is 6.65. The van der Waals surface area contributed by atoms with E-state index in [1.54, 1.807) is 0 Å². The normalized spacial score (nSPS) is 25.4. The van der Waals surface area contributed by atoms with Crippen molar-refractivity contribution in [2.45, 2.75) is 76.2 Å². The van der Waals surface area contributed by atoms with Gasteiger partial charge >= 0.3 is 0 Å². The first-order chi connectivity index (χ1) is 19.5. The van der Waals surface area contributed by atoms with Gasteiger partial charge in [-0.25, -0.2) is 0 Å². The maximum atomic E-state index is 13.5. The van der Waals surface area contributed by atoms with E-state index in [9.17, 15) is 14.4 Å². The minimum atomic E-state index is -0.189. The number of imide groups is 1. The summed E-state index contributed by atoms with van der Waals surface area (Å²) in [5.41, 5.74) is 6.02. The van der Waals surface area contributed by atoms with Crippen molar-refractivity contribution in [3.05, 3.63) is 58.1 Å². The third-order valence-corrected chi connectivity index (χ3v) is 10.2. The number of benzene rings is 2. The first kappa shape index (κ1) is 25.8. The molecule has 2 aromatic carbocycles. The average Bonchev–Trinajstić information content (AvgIpc) is 3.33. The highest BCUT2D eigenvalue weighted by atomic mass is 16.5. The standard InChI is InChI=1S/C33H38N2O5/c36-29-13-9-22(32(38)34-29)7-6-21-8-10-26-25(30(21)37)11-12-27-31(26)40-20-33(27)14-16-35(17-15-33)19-23-3-1-5-28-24(23)4-2-18-39-28/h1,3,5,11-12,21-22H,2,4,6-10,13-20H2,(H,34,36,38). The predicted molar refractivity (Wildman–Crippen MR) is 150 cm³/mol. The molecule has 5 aliphatic rings. The Morgan fingerprint density at radius 3 is 2.58 bits per heavy atom. The Labute approximate surface area is 235 Å². The van der Waals surface area contributed by atoms with Crippen LogP contribution in [0.5, 0.6) is 11.5 Å². The molecule has 210 valence electrons. The van der Waals surface area contributed by atoms with Gasteiger partial charge in [0.05, 0.1) is 13.2 Å². The van der Waals surface area contributed by atoms with E-state index in [1.165, 1.54) is 16.7 Å². The molecule has 7 heteroatoms. The maximum Gasteiger partial charge on any atom is 0.229 e. The second kappa shape index (κ2) is 10.3. The smallest absolute Gasteiger partial charge is 0.229 e. The molecule has 0 radical (unpaired) electrons. The Balaban J connectivity index is 1.01. The largest absolute Gasteiger partial charge is 0.493 e. The Morgan fingerprint density at radius 1 is 0.900 bits per heavy atom. The monoisotopic (exact) mass is 542 g/mol. The van der Waals surface area contributed by atoms with Crippen LogP contribution in [0.1, 0.15) is 84.0 Å². The Bertz CT molecular complexity index is 1360. The number of Topliss-reactive ketones (excluding diaryl/α,β-unsaturated/α-hetero) is 1. The first-order valence-corrected chi connectivity index (χ1v) is 15.1. The number of ether oxygens (including phenoxy) is 2. The van der Waals surface area contributed by atoms with Crippen LogP contribution in [0.3, 0.4) is 0 Å². The third-order valence-electron chi connectivity index (χ3n) is 10.2. The van der Waals surface area contributed by atoms with Gasteiger partial charge < -0.3 is 9.47 Å². The highest BCUT2D eigenvalue weighted by Gasteiger charge is 2.45. The van der Waals surface area contributed by atoms with E-state index in [-0.39, 0.29) is 34.8 Å². The summed E-state index contributed by atoms with van der Waals surface area (Å²) in [6, 6.07) is 10.7. The molecule has 1 N–H and O–H groups in total. The molecule has 7 rings (SSSR count). The highest BCUT2D eigenvalue weighted by molar-refractivity contribution is 6.01. The molecule has 4 heterocycles. The minimum Gasteiger partial charge on any atom is -0.493 e. The van der Waals surface area contributed by atoms with Crippen LogP contribution < -0.4 is 14.8 Å². The number of hydrogen-bond acceptors (Lipinski definition) is 6. The van der Waals surface area contributed by atoms with Crippen molar-refractivity contribution in [3.63, 3.8) is 0 Å². The molecule has 0 saturated carbocycles. The van der Waals surface area contributed by atoms with Crippen LogP contribution in [0.15, 0.2) is 30.3 Å². The molecular weight excluding hydrogens is 504 g/mol. The quantitative estimate of drug-likeness (QED) is 0.560. The Hall–Kier alpha value is -3.19. The highest BCUT2D eigenvalue weighted by Crippen LogP contribution is 2.49. The molecule has 4 aliphatic heterocycles. The number of rotatable bonds is 5. The fraction of sp³-hybridized carbons (Fsp3) is 0.545. The van der Waals surface area contributed by atoms with Gasteiger partial charge in [-0.2, -0.15) is 0 Å². The summed E-state index contributed by atoms with van der Waals surface area (Å²) in [4.78, 5) is 39.7. The zero-order valence-corrected chi connectivity index (χ0v) is 23.1. The van der Waals surface area contributed by atoms with Gasteiger partial charge in [0, 0.05) is 46.9 Å². The van der Waals surface area contributed by atoms with E-state index >= 15 is 0 Å². The second-order valence-corrected chi connectivity index (χ2v) is 12.5. The molecule has 1 spiro atoms. The van der Waals surface area contributed by atoms with E-state index < -0.39 is 0 Å². The summed E-state index contributed by atoms with van der Waals surface area (Å²) < 4.78 is 12.3. The van der Waals surface area contributed by atoms with E-state index in [2.05, 4.69) is 34.5 Å². The molecule has 2 unspecified atom stereocenters. The van der Waals surface area contributed by atoms with Crippen molar-refractivity contribution in [1.82, 2.24) is 10.2 Å². The van der Waals surface area contributed by atoms with Crippen LogP contribution in [0.25, 0.3) is 0 Å². The maximum absolute atomic E-state index is 13.5. The van der Waals surface area contributed by atoms with Crippen LogP contribution in [0, 0.1) is 11.8 Å². The lowest BCUT2D eigenvalue weighted by Crippen LogP contribution is -2.43. The summed E-state index contributed by atoms with van der Waals surface area (Å²) in [5, 5.41) is 2.44. The van der Waals surface area contributed by atoms with Crippen molar-refractivity contribution >= 4 is 17.6 Å². The minimum absolute atomic E-state index is 0.0335. The molecule has 40 heavy (non-hydrogen) atoms. The molecular formula is C33H38N2O5. The number of carbonyl (C=O) groups is 3. The number of ketones is 1. The SMILES string of the molecule is O=C1CCC(CCC2CCc3c(ccc4c3OCC43CCN(Cc4cccc5c4CCCO5)CC3)C2=O)C(=O)N1. The van der Waals surface area contributed by atoms with Crippen molar-refractivity contribution in [3.8, 4) is 11.5 Å². The zero-order valence-electron chi connectivity index (χ0n) is 23.1.